The third kappa shape index (κ3) is 3.45. The molecule has 3 heterocycles. The van der Waals surface area contributed by atoms with E-state index in [1.165, 1.54) is 33.1 Å². The molecule has 1 aliphatic heterocycles. The van der Waals surface area contributed by atoms with E-state index >= 15 is 0 Å². The summed E-state index contributed by atoms with van der Waals surface area (Å²) >= 11 is 6.26. The van der Waals surface area contributed by atoms with Crippen LogP contribution < -0.4 is 4.90 Å². The summed E-state index contributed by atoms with van der Waals surface area (Å²) in [7, 11) is 0. The van der Waals surface area contributed by atoms with Gasteiger partial charge in [-0.05, 0) is 59.6 Å². The van der Waals surface area contributed by atoms with Crippen LogP contribution in [0.5, 0.6) is 0 Å². The van der Waals surface area contributed by atoms with Crippen molar-refractivity contribution in [2.24, 2.45) is 0 Å². The zero-order valence-corrected chi connectivity index (χ0v) is 21.7. The summed E-state index contributed by atoms with van der Waals surface area (Å²) in [5, 5.41) is 2.71. The monoisotopic (exact) mass is 522 g/mol. The van der Waals surface area contributed by atoms with Crippen molar-refractivity contribution in [3.63, 3.8) is 0 Å². The van der Waals surface area contributed by atoms with Crippen molar-refractivity contribution in [3.8, 4) is 16.9 Å². The van der Waals surface area contributed by atoms with E-state index in [9.17, 15) is 0 Å². The lowest BCUT2D eigenvalue weighted by Crippen LogP contribution is -2.28. The Labute approximate surface area is 231 Å². The lowest BCUT2D eigenvalue weighted by atomic mass is 9.91. The summed E-state index contributed by atoms with van der Waals surface area (Å²) in [4.78, 5) is 11.2. The minimum atomic E-state index is 0.197. The van der Waals surface area contributed by atoms with Gasteiger partial charge in [0.1, 0.15) is 0 Å². The highest BCUT2D eigenvalue weighted by Gasteiger charge is 2.37. The number of fused-ring (bicyclic) bond motifs is 6. The van der Waals surface area contributed by atoms with E-state index < -0.39 is 0 Å². The maximum atomic E-state index is 6.26. The number of hydrogen-bond acceptors (Lipinski definition) is 3. The Morgan fingerprint density at radius 1 is 0.692 bits per heavy atom. The normalized spacial score (nSPS) is 17.6. The predicted octanol–water partition coefficient (Wildman–Crippen LogP) is 8.62. The van der Waals surface area contributed by atoms with Crippen LogP contribution in [-0.2, 0) is 0 Å². The Kier molecular flexibility index (Phi) is 4.97. The van der Waals surface area contributed by atoms with Gasteiger partial charge in [0.05, 0.1) is 22.8 Å². The van der Waals surface area contributed by atoms with Crippen LogP contribution in [0.1, 0.15) is 11.5 Å². The molecule has 5 heteroatoms. The molecule has 0 spiro atoms. The molecule has 186 valence electrons. The Balaban J connectivity index is 1.43. The average molecular weight is 523 g/mol. The zero-order valence-electron chi connectivity index (χ0n) is 20.9. The van der Waals surface area contributed by atoms with Crippen molar-refractivity contribution in [2.45, 2.75) is 12.0 Å². The molecule has 0 radical (unpaired) electrons. The number of rotatable bonds is 3. The molecular weight excluding hydrogens is 500 g/mol. The van der Waals surface area contributed by atoms with Gasteiger partial charge in [-0.2, -0.15) is 0 Å². The summed E-state index contributed by atoms with van der Waals surface area (Å²) in [6.45, 7) is 0. The summed E-state index contributed by atoms with van der Waals surface area (Å²) in [5.41, 5.74) is 8.88. The first-order chi connectivity index (χ1) is 19.3. The number of benzene rings is 4. The van der Waals surface area contributed by atoms with E-state index in [0.29, 0.717) is 5.92 Å². The molecule has 1 aliphatic carbocycles. The van der Waals surface area contributed by atoms with Gasteiger partial charge in [0, 0.05) is 45.5 Å². The van der Waals surface area contributed by atoms with Crippen molar-refractivity contribution in [2.75, 3.05) is 4.90 Å². The van der Waals surface area contributed by atoms with E-state index in [1.807, 2.05) is 6.07 Å². The first kappa shape index (κ1) is 22.3. The van der Waals surface area contributed by atoms with E-state index in [1.54, 1.807) is 6.20 Å². The smallest absolute Gasteiger partial charge is 0.222 e. The Hall–Kier alpha value is -4.67. The second-order valence-electron chi connectivity index (χ2n) is 10.0. The third-order valence-electron chi connectivity index (χ3n) is 7.90. The second kappa shape index (κ2) is 8.69. The summed E-state index contributed by atoms with van der Waals surface area (Å²) < 4.78 is 2.36. The fourth-order valence-electron chi connectivity index (χ4n) is 6.30. The predicted molar refractivity (Wildman–Crippen MR) is 160 cm³/mol. The molecule has 2 unspecified atom stereocenters. The molecule has 4 nitrogen and oxygen atoms in total. The Bertz CT molecular complexity index is 1910. The van der Waals surface area contributed by atoms with Crippen LogP contribution in [0.2, 0.25) is 5.28 Å². The van der Waals surface area contributed by atoms with Crippen LogP contribution in [0.15, 0.2) is 128 Å². The molecule has 0 N–H and O–H groups in total. The molecule has 0 saturated heterocycles. The van der Waals surface area contributed by atoms with Gasteiger partial charge < -0.3 is 9.47 Å². The van der Waals surface area contributed by atoms with E-state index in [-0.39, 0.29) is 11.3 Å². The van der Waals surface area contributed by atoms with Crippen LogP contribution >= 0.6 is 11.6 Å². The molecule has 39 heavy (non-hydrogen) atoms. The van der Waals surface area contributed by atoms with Crippen LogP contribution in [-0.4, -0.2) is 20.6 Å². The van der Waals surface area contributed by atoms with Crippen molar-refractivity contribution in [1.29, 1.82) is 0 Å². The minimum Gasteiger partial charge on any atom is -0.333 e. The number of para-hydroxylation sites is 3. The fraction of sp³-hybridized carbons (Fsp3) is 0.0588. The highest BCUT2D eigenvalue weighted by atomic mass is 35.5. The highest BCUT2D eigenvalue weighted by Crippen LogP contribution is 2.48. The fourth-order valence-corrected chi connectivity index (χ4v) is 6.45. The van der Waals surface area contributed by atoms with Crippen LogP contribution in [0.3, 0.4) is 0 Å². The number of hydrogen-bond donors (Lipinski definition) is 0. The van der Waals surface area contributed by atoms with Gasteiger partial charge in [-0.25, -0.2) is 9.97 Å². The quantitative estimate of drug-likeness (QED) is 0.218. The first-order valence-electron chi connectivity index (χ1n) is 13.1. The van der Waals surface area contributed by atoms with Crippen LogP contribution in [0.4, 0.5) is 11.4 Å². The lowest BCUT2D eigenvalue weighted by Gasteiger charge is -2.29. The van der Waals surface area contributed by atoms with Gasteiger partial charge in [-0.15, -0.1) is 0 Å². The van der Waals surface area contributed by atoms with Crippen LogP contribution in [0.25, 0.3) is 38.8 Å². The summed E-state index contributed by atoms with van der Waals surface area (Å²) in [6, 6.07) is 34.8. The molecule has 0 bridgehead atoms. The molecule has 6 aromatic rings. The Morgan fingerprint density at radius 3 is 2.18 bits per heavy atom. The Morgan fingerprint density at radius 2 is 1.38 bits per heavy atom. The molecule has 8 rings (SSSR count). The molecule has 0 fully saturated rings. The number of aromatic nitrogens is 3. The minimum absolute atomic E-state index is 0.197. The third-order valence-corrected chi connectivity index (χ3v) is 8.08. The molecular formula is C34H23ClN4. The largest absolute Gasteiger partial charge is 0.333 e. The van der Waals surface area contributed by atoms with Gasteiger partial charge in [-0.1, -0.05) is 78.9 Å². The summed E-state index contributed by atoms with van der Waals surface area (Å²) in [6.07, 6.45) is 10.6. The second-order valence-corrected chi connectivity index (χ2v) is 10.4. The lowest BCUT2D eigenvalue weighted by molar-refractivity contribution is 0.744. The van der Waals surface area contributed by atoms with Gasteiger partial charge in [-0.3, -0.25) is 0 Å². The topological polar surface area (TPSA) is 34.0 Å². The SMILES string of the molecule is Clc1nccc(-c2cc(N3c4ccccc4C4C=CC=CC43)cc(-n3c4ccccc4c4ccccc43)c2)n1. The maximum absolute atomic E-state index is 6.26. The molecule has 2 aliphatic rings. The average Bonchev–Trinajstić information content (AvgIpc) is 3.50. The molecule has 0 saturated carbocycles. The van der Waals surface area contributed by atoms with Gasteiger partial charge in [0.15, 0.2) is 0 Å². The van der Waals surface area contributed by atoms with Crippen LogP contribution in [0, 0.1) is 0 Å². The molecule has 2 aromatic heterocycles. The number of nitrogens with zero attached hydrogens (tertiary/aromatic N) is 4. The van der Waals surface area contributed by atoms with Crippen molar-refractivity contribution < 1.29 is 0 Å². The standard InChI is InChI=1S/C34H23ClN4/c35-34-36-18-17-29(37-34)22-19-23(38-30-13-5-1-9-25(30)26-10-2-6-14-31(26)38)21-24(20-22)39-32-15-7-3-11-27(32)28-12-4-8-16-33(28)39/h1-21,25,30H. The zero-order chi connectivity index (χ0) is 25.9. The van der Waals surface area contributed by atoms with Crippen molar-refractivity contribution in [3.05, 3.63) is 138 Å². The van der Waals surface area contributed by atoms with E-state index in [4.69, 9.17) is 11.6 Å². The van der Waals surface area contributed by atoms with Gasteiger partial charge in [0.25, 0.3) is 0 Å². The van der Waals surface area contributed by atoms with E-state index in [2.05, 4.69) is 135 Å². The number of allylic oxidation sites excluding steroid dienone is 2. The van der Waals surface area contributed by atoms with Gasteiger partial charge in [0.2, 0.25) is 5.28 Å². The van der Waals surface area contributed by atoms with E-state index in [0.717, 1.165) is 22.6 Å². The molecule has 2 atom stereocenters. The summed E-state index contributed by atoms with van der Waals surface area (Å²) in [5.74, 6) is 0.306. The molecule has 4 aromatic carbocycles. The highest BCUT2D eigenvalue weighted by molar-refractivity contribution is 6.28. The van der Waals surface area contributed by atoms with Crippen molar-refractivity contribution >= 4 is 44.8 Å². The molecule has 0 amide bonds. The van der Waals surface area contributed by atoms with Crippen molar-refractivity contribution in [1.82, 2.24) is 14.5 Å². The number of halogens is 1. The van der Waals surface area contributed by atoms with Gasteiger partial charge >= 0.3 is 0 Å². The first-order valence-corrected chi connectivity index (χ1v) is 13.5. The maximum Gasteiger partial charge on any atom is 0.222 e. The number of anilines is 2.